The third-order valence-corrected chi connectivity index (χ3v) is 2.29. The second-order valence-electron chi connectivity index (χ2n) is 4.17. The van der Waals surface area contributed by atoms with E-state index in [0.717, 1.165) is 11.3 Å². The number of carbonyl (C=O) groups is 1. The summed E-state index contributed by atoms with van der Waals surface area (Å²) in [6.45, 7) is 3.68. The van der Waals surface area contributed by atoms with Crippen LogP contribution in [-0.4, -0.2) is 5.91 Å². The molecule has 76 valence electrons. The molecule has 1 rings (SSSR count). The Hall–Kier alpha value is -1.51. The first-order valence-electron chi connectivity index (χ1n) is 4.56. The predicted octanol–water partition coefficient (Wildman–Crippen LogP) is 1.32. The van der Waals surface area contributed by atoms with Crippen LogP contribution in [-0.2, 0) is 11.2 Å². The molecule has 0 radical (unpaired) electrons. The standard InChI is InChI=1S/C11H16N2O/c1-11(2,10(13)14)7-8-3-5-9(12)6-4-8/h3-6H,7,12H2,1-2H3,(H2,13,14). The van der Waals surface area contributed by atoms with Crippen molar-refractivity contribution in [3.05, 3.63) is 29.8 Å². The van der Waals surface area contributed by atoms with Gasteiger partial charge < -0.3 is 11.5 Å². The minimum absolute atomic E-state index is 0.283. The number of rotatable bonds is 3. The molecular formula is C11H16N2O. The maximum Gasteiger partial charge on any atom is 0.223 e. The molecule has 1 aromatic carbocycles. The zero-order chi connectivity index (χ0) is 10.8. The van der Waals surface area contributed by atoms with E-state index in [2.05, 4.69) is 0 Å². The summed E-state index contributed by atoms with van der Waals surface area (Å²) < 4.78 is 0. The number of nitrogens with two attached hydrogens (primary N) is 2. The fourth-order valence-electron chi connectivity index (χ4n) is 1.23. The number of benzene rings is 1. The number of carbonyl (C=O) groups excluding carboxylic acids is 1. The summed E-state index contributed by atoms with van der Waals surface area (Å²) in [4.78, 5) is 11.1. The molecule has 0 unspecified atom stereocenters. The van der Waals surface area contributed by atoms with Crippen LogP contribution in [0.5, 0.6) is 0 Å². The van der Waals surface area contributed by atoms with E-state index < -0.39 is 5.41 Å². The normalized spacial score (nSPS) is 11.3. The number of primary amides is 1. The maximum absolute atomic E-state index is 11.1. The Morgan fingerprint density at radius 2 is 1.79 bits per heavy atom. The molecule has 3 heteroatoms. The summed E-state index contributed by atoms with van der Waals surface area (Å²) in [7, 11) is 0. The molecule has 0 aliphatic rings. The first-order valence-corrected chi connectivity index (χ1v) is 4.56. The zero-order valence-electron chi connectivity index (χ0n) is 8.58. The molecule has 4 N–H and O–H groups in total. The number of nitrogen functional groups attached to an aromatic ring is 1. The highest BCUT2D eigenvalue weighted by Crippen LogP contribution is 2.21. The van der Waals surface area contributed by atoms with Crippen LogP contribution >= 0.6 is 0 Å². The third kappa shape index (κ3) is 2.49. The molecule has 0 aliphatic heterocycles. The highest BCUT2D eigenvalue weighted by molar-refractivity contribution is 5.80. The fourth-order valence-corrected chi connectivity index (χ4v) is 1.23. The molecule has 0 saturated heterocycles. The van der Waals surface area contributed by atoms with E-state index in [9.17, 15) is 4.79 Å². The lowest BCUT2D eigenvalue weighted by atomic mass is 9.85. The van der Waals surface area contributed by atoms with Gasteiger partial charge in [-0.3, -0.25) is 4.79 Å². The second-order valence-corrected chi connectivity index (χ2v) is 4.17. The lowest BCUT2D eigenvalue weighted by Crippen LogP contribution is -2.33. The van der Waals surface area contributed by atoms with Crippen molar-refractivity contribution >= 4 is 11.6 Å². The van der Waals surface area contributed by atoms with Crippen molar-refractivity contribution in [2.45, 2.75) is 20.3 Å². The Bertz CT molecular complexity index is 328. The molecule has 0 spiro atoms. The van der Waals surface area contributed by atoms with Crippen molar-refractivity contribution < 1.29 is 4.79 Å². The molecule has 0 fully saturated rings. The summed E-state index contributed by atoms with van der Waals surface area (Å²) in [6.07, 6.45) is 0.641. The number of anilines is 1. The Balaban J connectivity index is 2.79. The molecule has 0 aromatic heterocycles. The average Bonchev–Trinajstić information content (AvgIpc) is 2.08. The largest absolute Gasteiger partial charge is 0.399 e. The first-order chi connectivity index (χ1) is 6.42. The molecule has 0 bridgehead atoms. The Kier molecular flexibility index (Phi) is 2.79. The zero-order valence-corrected chi connectivity index (χ0v) is 8.58. The summed E-state index contributed by atoms with van der Waals surface area (Å²) in [5.74, 6) is -0.283. The van der Waals surface area contributed by atoms with Gasteiger partial charge in [0, 0.05) is 11.1 Å². The summed E-state index contributed by atoms with van der Waals surface area (Å²) in [5.41, 5.74) is 12.1. The van der Waals surface area contributed by atoms with Gasteiger partial charge in [-0.05, 0) is 24.1 Å². The minimum atomic E-state index is -0.504. The first kappa shape index (κ1) is 10.6. The highest BCUT2D eigenvalue weighted by atomic mass is 16.1. The van der Waals surface area contributed by atoms with Gasteiger partial charge in [0.15, 0.2) is 0 Å². The molecule has 1 aromatic rings. The van der Waals surface area contributed by atoms with Crippen LogP contribution in [0.25, 0.3) is 0 Å². The molecular weight excluding hydrogens is 176 g/mol. The van der Waals surface area contributed by atoms with Crippen molar-refractivity contribution in [1.29, 1.82) is 0 Å². The van der Waals surface area contributed by atoms with Crippen LogP contribution in [0, 0.1) is 5.41 Å². The Morgan fingerprint density at radius 1 is 1.29 bits per heavy atom. The van der Waals surface area contributed by atoms with Crippen LogP contribution in [0.1, 0.15) is 19.4 Å². The van der Waals surface area contributed by atoms with Crippen LogP contribution in [0.4, 0.5) is 5.69 Å². The number of amides is 1. The molecule has 14 heavy (non-hydrogen) atoms. The quantitative estimate of drug-likeness (QED) is 0.709. The van der Waals surface area contributed by atoms with E-state index in [1.165, 1.54) is 0 Å². The van der Waals surface area contributed by atoms with Gasteiger partial charge in [-0.25, -0.2) is 0 Å². The number of hydrogen-bond donors (Lipinski definition) is 2. The molecule has 3 nitrogen and oxygen atoms in total. The Labute approximate surface area is 84.1 Å². The van der Waals surface area contributed by atoms with Gasteiger partial charge in [0.1, 0.15) is 0 Å². The molecule has 0 saturated carbocycles. The smallest absolute Gasteiger partial charge is 0.223 e. The maximum atomic E-state index is 11.1. The minimum Gasteiger partial charge on any atom is -0.399 e. The van der Waals surface area contributed by atoms with Gasteiger partial charge in [-0.1, -0.05) is 26.0 Å². The lowest BCUT2D eigenvalue weighted by Gasteiger charge is -2.20. The van der Waals surface area contributed by atoms with Gasteiger partial charge >= 0.3 is 0 Å². The second kappa shape index (κ2) is 3.70. The molecule has 0 atom stereocenters. The third-order valence-electron chi connectivity index (χ3n) is 2.29. The van der Waals surface area contributed by atoms with Gasteiger partial charge in [-0.15, -0.1) is 0 Å². The highest BCUT2D eigenvalue weighted by Gasteiger charge is 2.24. The van der Waals surface area contributed by atoms with Gasteiger partial charge in [0.2, 0.25) is 5.91 Å². The van der Waals surface area contributed by atoms with E-state index in [-0.39, 0.29) is 5.91 Å². The predicted molar refractivity (Wildman–Crippen MR) is 57.5 cm³/mol. The van der Waals surface area contributed by atoms with Crippen LogP contribution in [0.2, 0.25) is 0 Å². The van der Waals surface area contributed by atoms with Crippen molar-refractivity contribution in [3.8, 4) is 0 Å². The SMILES string of the molecule is CC(C)(Cc1ccc(N)cc1)C(N)=O. The molecule has 0 aliphatic carbocycles. The van der Waals surface area contributed by atoms with Crippen molar-refractivity contribution in [1.82, 2.24) is 0 Å². The van der Waals surface area contributed by atoms with Crippen molar-refractivity contribution in [2.75, 3.05) is 5.73 Å². The van der Waals surface area contributed by atoms with E-state index in [1.807, 2.05) is 38.1 Å². The molecule has 0 heterocycles. The van der Waals surface area contributed by atoms with Crippen molar-refractivity contribution in [2.24, 2.45) is 11.1 Å². The lowest BCUT2D eigenvalue weighted by molar-refractivity contribution is -0.125. The van der Waals surface area contributed by atoms with Crippen LogP contribution in [0.3, 0.4) is 0 Å². The monoisotopic (exact) mass is 192 g/mol. The van der Waals surface area contributed by atoms with Crippen molar-refractivity contribution in [3.63, 3.8) is 0 Å². The van der Waals surface area contributed by atoms with Gasteiger partial charge in [-0.2, -0.15) is 0 Å². The van der Waals surface area contributed by atoms with E-state index in [0.29, 0.717) is 6.42 Å². The summed E-state index contributed by atoms with van der Waals surface area (Å²) in [5, 5.41) is 0. The Morgan fingerprint density at radius 3 is 2.21 bits per heavy atom. The van der Waals surface area contributed by atoms with Crippen LogP contribution < -0.4 is 11.5 Å². The van der Waals surface area contributed by atoms with Gasteiger partial charge in [0.05, 0.1) is 0 Å². The topological polar surface area (TPSA) is 69.1 Å². The number of hydrogen-bond acceptors (Lipinski definition) is 2. The average molecular weight is 192 g/mol. The van der Waals surface area contributed by atoms with E-state index >= 15 is 0 Å². The summed E-state index contributed by atoms with van der Waals surface area (Å²) >= 11 is 0. The summed E-state index contributed by atoms with van der Waals surface area (Å²) in [6, 6.07) is 7.48. The van der Waals surface area contributed by atoms with E-state index in [4.69, 9.17) is 11.5 Å². The van der Waals surface area contributed by atoms with Gasteiger partial charge in [0.25, 0.3) is 0 Å². The van der Waals surface area contributed by atoms with E-state index in [1.54, 1.807) is 0 Å². The van der Waals surface area contributed by atoms with Crippen LogP contribution in [0.15, 0.2) is 24.3 Å². The fraction of sp³-hybridized carbons (Fsp3) is 0.364. The molecule has 1 amide bonds.